The number of sulfone groups is 1. The van der Waals surface area contributed by atoms with Crippen LogP contribution in [0.4, 0.5) is 0 Å². The predicted molar refractivity (Wildman–Crippen MR) is 70.2 cm³/mol. The fraction of sp³-hybridized carbons (Fsp3) is 0.167. The number of halogens is 1. The summed E-state index contributed by atoms with van der Waals surface area (Å²) in [4.78, 5) is 10.9. The summed E-state index contributed by atoms with van der Waals surface area (Å²) in [5.41, 5.74) is -0.0687. The molecule has 2 aromatic rings. The SMILES string of the molecule is CS(=O)(=O)c1ccc(C(=O)[O-])c(Cl)c1Cn1cccn1.[Na+]. The van der Waals surface area contributed by atoms with Crippen molar-refractivity contribution >= 4 is 27.4 Å². The molecule has 0 radical (unpaired) electrons. The molecule has 0 amide bonds. The van der Waals surface area contributed by atoms with Crippen LogP contribution in [-0.2, 0) is 16.4 Å². The number of aromatic nitrogens is 2. The topological polar surface area (TPSA) is 92.1 Å². The first-order valence-corrected chi connectivity index (χ1v) is 7.78. The van der Waals surface area contributed by atoms with Crippen molar-refractivity contribution in [2.75, 3.05) is 6.26 Å². The molecule has 0 saturated heterocycles. The second-order valence-corrected chi connectivity index (χ2v) is 6.53. The Morgan fingerprint density at radius 1 is 1.43 bits per heavy atom. The second kappa shape index (κ2) is 6.93. The Morgan fingerprint density at radius 2 is 2.10 bits per heavy atom. The number of aromatic carboxylic acids is 1. The molecule has 21 heavy (non-hydrogen) atoms. The third-order valence-corrected chi connectivity index (χ3v) is 4.31. The number of carbonyl (C=O) groups excluding carboxylic acids is 1. The van der Waals surface area contributed by atoms with Crippen LogP contribution in [0.5, 0.6) is 0 Å². The largest absolute Gasteiger partial charge is 1.00 e. The van der Waals surface area contributed by atoms with Gasteiger partial charge in [0.25, 0.3) is 0 Å². The van der Waals surface area contributed by atoms with Gasteiger partial charge in [-0.2, -0.15) is 5.10 Å². The van der Waals surface area contributed by atoms with Gasteiger partial charge in [0, 0.05) is 29.8 Å². The molecular formula is C12H10ClN2NaO4S. The summed E-state index contributed by atoms with van der Waals surface area (Å²) in [5, 5.41) is 14.8. The Hall–Kier alpha value is -0.860. The quantitative estimate of drug-likeness (QED) is 0.569. The number of hydrogen-bond donors (Lipinski definition) is 0. The van der Waals surface area contributed by atoms with Crippen molar-refractivity contribution in [3.8, 4) is 0 Å². The van der Waals surface area contributed by atoms with Gasteiger partial charge in [0.1, 0.15) is 0 Å². The summed E-state index contributed by atoms with van der Waals surface area (Å²) in [6, 6.07) is 4.00. The molecule has 0 atom stereocenters. The number of carboxylic acids is 1. The van der Waals surface area contributed by atoms with E-state index >= 15 is 0 Å². The average molecular weight is 337 g/mol. The molecular weight excluding hydrogens is 327 g/mol. The monoisotopic (exact) mass is 336 g/mol. The zero-order valence-corrected chi connectivity index (χ0v) is 15.0. The molecule has 6 nitrogen and oxygen atoms in total. The van der Waals surface area contributed by atoms with Crippen LogP contribution < -0.4 is 34.7 Å². The maximum Gasteiger partial charge on any atom is 1.00 e. The van der Waals surface area contributed by atoms with Gasteiger partial charge >= 0.3 is 29.6 Å². The van der Waals surface area contributed by atoms with Gasteiger partial charge in [0.2, 0.25) is 0 Å². The van der Waals surface area contributed by atoms with E-state index in [1.807, 2.05) is 0 Å². The number of carboxylic acid groups (broad SMARTS) is 1. The van der Waals surface area contributed by atoms with Gasteiger partial charge in [-0.1, -0.05) is 17.7 Å². The van der Waals surface area contributed by atoms with Crippen LogP contribution in [0.3, 0.4) is 0 Å². The van der Waals surface area contributed by atoms with Crippen LogP contribution in [-0.4, -0.2) is 30.4 Å². The number of nitrogens with zero attached hydrogens (tertiary/aromatic N) is 2. The Kier molecular flexibility index (Phi) is 6.01. The average Bonchev–Trinajstić information content (AvgIpc) is 2.82. The molecule has 0 spiro atoms. The van der Waals surface area contributed by atoms with Gasteiger partial charge in [-0.3, -0.25) is 4.68 Å². The Bertz CT molecular complexity index is 760. The summed E-state index contributed by atoms with van der Waals surface area (Å²) in [5.74, 6) is -1.46. The summed E-state index contributed by atoms with van der Waals surface area (Å²) in [7, 11) is -3.54. The molecule has 1 aromatic carbocycles. The molecule has 0 aliphatic heterocycles. The van der Waals surface area contributed by atoms with Crippen molar-refractivity contribution in [1.29, 1.82) is 0 Å². The van der Waals surface area contributed by atoms with Gasteiger partial charge in [0.05, 0.1) is 22.4 Å². The van der Waals surface area contributed by atoms with Gasteiger partial charge in [-0.25, -0.2) is 8.42 Å². The van der Waals surface area contributed by atoms with E-state index in [1.54, 1.807) is 12.3 Å². The third kappa shape index (κ3) is 4.08. The molecule has 1 heterocycles. The first kappa shape index (κ1) is 18.2. The molecule has 0 fully saturated rings. The summed E-state index contributed by atoms with van der Waals surface area (Å²) in [6.07, 6.45) is 4.18. The molecule has 0 unspecified atom stereocenters. The normalized spacial score (nSPS) is 11.0. The van der Waals surface area contributed by atoms with Gasteiger partial charge in [-0.05, 0) is 12.1 Å². The van der Waals surface area contributed by atoms with Gasteiger partial charge in [0.15, 0.2) is 9.84 Å². The third-order valence-electron chi connectivity index (χ3n) is 2.70. The van der Waals surface area contributed by atoms with Crippen molar-refractivity contribution in [2.24, 2.45) is 0 Å². The van der Waals surface area contributed by atoms with E-state index < -0.39 is 15.8 Å². The van der Waals surface area contributed by atoms with Crippen molar-refractivity contribution in [2.45, 2.75) is 11.4 Å². The van der Waals surface area contributed by atoms with Crippen LogP contribution >= 0.6 is 11.6 Å². The van der Waals surface area contributed by atoms with Crippen LogP contribution in [0.1, 0.15) is 15.9 Å². The second-order valence-electron chi connectivity index (χ2n) is 4.17. The van der Waals surface area contributed by atoms with E-state index in [-0.39, 0.29) is 57.1 Å². The molecule has 0 bridgehead atoms. The molecule has 0 saturated carbocycles. The minimum absolute atomic E-state index is 0. The van der Waals surface area contributed by atoms with E-state index in [2.05, 4.69) is 5.10 Å². The first-order valence-electron chi connectivity index (χ1n) is 5.51. The minimum Gasteiger partial charge on any atom is -0.545 e. The van der Waals surface area contributed by atoms with Crippen molar-refractivity contribution in [1.82, 2.24) is 9.78 Å². The molecule has 2 rings (SSSR count). The van der Waals surface area contributed by atoms with Crippen molar-refractivity contribution in [3.63, 3.8) is 0 Å². The molecule has 1 aromatic heterocycles. The summed E-state index contributed by atoms with van der Waals surface area (Å²) >= 11 is 6.01. The fourth-order valence-corrected chi connectivity index (χ4v) is 3.10. The van der Waals surface area contributed by atoms with Crippen LogP contribution in [0.2, 0.25) is 5.02 Å². The zero-order chi connectivity index (χ0) is 14.9. The van der Waals surface area contributed by atoms with E-state index in [4.69, 9.17) is 11.6 Å². The maximum absolute atomic E-state index is 11.8. The molecule has 0 aliphatic carbocycles. The van der Waals surface area contributed by atoms with E-state index in [9.17, 15) is 18.3 Å². The van der Waals surface area contributed by atoms with Gasteiger partial charge < -0.3 is 9.90 Å². The van der Waals surface area contributed by atoms with Gasteiger partial charge in [-0.15, -0.1) is 0 Å². The Labute approximate surface area is 148 Å². The van der Waals surface area contributed by atoms with Crippen molar-refractivity contribution < 1.29 is 47.9 Å². The molecule has 106 valence electrons. The Morgan fingerprint density at radius 3 is 2.57 bits per heavy atom. The molecule has 0 aliphatic rings. The standard InChI is InChI=1S/C12H11ClN2O4S.Na/c1-20(18,19)10-4-3-8(12(16)17)11(13)9(10)7-15-6-2-5-14-15;/h2-6H,7H2,1H3,(H,16,17);/q;+1/p-1. The van der Waals surface area contributed by atoms with Crippen LogP contribution in [0.25, 0.3) is 0 Å². The molecule has 0 N–H and O–H groups in total. The van der Waals surface area contributed by atoms with Crippen molar-refractivity contribution in [3.05, 3.63) is 46.7 Å². The number of carbonyl (C=O) groups is 1. The first-order chi connectivity index (χ1) is 9.30. The van der Waals surface area contributed by atoms with E-state index in [0.29, 0.717) is 0 Å². The zero-order valence-electron chi connectivity index (χ0n) is 11.4. The number of hydrogen-bond acceptors (Lipinski definition) is 5. The number of benzene rings is 1. The van der Waals surface area contributed by atoms with E-state index in [0.717, 1.165) is 12.3 Å². The van der Waals surface area contributed by atoms with E-state index in [1.165, 1.54) is 16.9 Å². The Balaban J connectivity index is 0.00000220. The fourth-order valence-electron chi connectivity index (χ4n) is 1.81. The van der Waals surface area contributed by atoms with Crippen LogP contribution in [0, 0.1) is 0 Å². The summed E-state index contributed by atoms with van der Waals surface area (Å²) in [6.45, 7) is 0.0509. The number of rotatable bonds is 4. The summed E-state index contributed by atoms with van der Waals surface area (Å²) < 4.78 is 25.0. The molecule has 9 heteroatoms. The smallest absolute Gasteiger partial charge is 0.545 e. The predicted octanol–water partition coefficient (Wildman–Crippen LogP) is -2.64. The maximum atomic E-state index is 11.8. The van der Waals surface area contributed by atoms with Crippen LogP contribution in [0.15, 0.2) is 35.5 Å². The minimum atomic E-state index is -3.54.